The molecule has 1 fully saturated rings. The highest BCUT2D eigenvalue weighted by molar-refractivity contribution is 6.31. The highest BCUT2D eigenvalue weighted by atomic mass is 35.5. The maximum absolute atomic E-state index is 14.9. The van der Waals surface area contributed by atoms with Crippen molar-refractivity contribution in [3.05, 3.63) is 81.5 Å². The third kappa shape index (κ3) is 5.96. The first-order valence-corrected chi connectivity index (χ1v) is 11.7. The highest BCUT2D eigenvalue weighted by Crippen LogP contribution is 2.41. The average molecular weight is 535 g/mol. The van der Waals surface area contributed by atoms with Gasteiger partial charge in [0.25, 0.3) is 0 Å². The zero-order chi connectivity index (χ0) is 26.9. The Bertz CT molecular complexity index is 1350. The molecule has 1 aliphatic rings. The molecule has 0 spiro atoms. The van der Waals surface area contributed by atoms with Crippen LogP contribution < -0.4 is 14.8 Å². The van der Waals surface area contributed by atoms with Gasteiger partial charge in [-0.3, -0.25) is 4.79 Å². The van der Waals surface area contributed by atoms with Crippen LogP contribution in [0.15, 0.2) is 48.7 Å². The van der Waals surface area contributed by atoms with Gasteiger partial charge < -0.3 is 20.4 Å². The third-order valence-corrected chi connectivity index (χ3v) is 6.46. The number of aryl methyl sites for hydroxylation is 1. The molecule has 1 heterocycles. The molecule has 1 aliphatic carbocycles. The zero-order valence-corrected chi connectivity index (χ0v) is 20.3. The maximum atomic E-state index is 14.9. The van der Waals surface area contributed by atoms with Crippen molar-refractivity contribution in [1.82, 2.24) is 0 Å². The molecule has 194 valence electrons. The molecule has 37 heavy (non-hydrogen) atoms. The van der Waals surface area contributed by atoms with Crippen molar-refractivity contribution >= 4 is 29.2 Å². The lowest BCUT2D eigenvalue weighted by Gasteiger charge is -2.19. The van der Waals surface area contributed by atoms with E-state index < -0.39 is 36.0 Å². The van der Waals surface area contributed by atoms with Crippen molar-refractivity contribution in [2.75, 3.05) is 5.32 Å². The number of carbonyl (C=O) groups excluding carboxylic acids is 1. The monoisotopic (exact) mass is 534 g/mol. The molecule has 2 N–H and O–H groups in total. The van der Waals surface area contributed by atoms with Crippen LogP contribution >= 0.6 is 11.6 Å². The predicted molar refractivity (Wildman–Crippen MR) is 129 cm³/mol. The molecule has 4 rings (SSSR count). The van der Waals surface area contributed by atoms with Crippen LogP contribution in [-0.2, 0) is 4.79 Å². The molecule has 0 aliphatic heterocycles. The lowest BCUT2D eigenvalue weighted by Crippen LogP contribution is -2.38. The van der Waals surface area contributed by atoms with Crippen molar-refractivity contribution in [3.63, 3.8) is 0 Å². The molecule has 1 atom stereocenters. The molecule has 1 aromatic heterocycles. The van der Waals surface area contributed by atoms with Gasteiger partial charge in [-0.2, -0.15) is 13.5 Å². The SMILES string of the molecule is Cc1cc(C(CC2CC2)C(=O)Nc2ccc(C(=O)O)cc2)[n+]([O-])cc1-c1c(OC(F)F)ccc(Cl)c1F. The van der Waals surface area contributed by atoms with E-state index >= 15 is 0 Å². The van der Waals surface area contributed by atoms with Crippen LogP contribution in [0.4, 0.5) is 18.9 Å². The number of carboxylic acid groups (broad SMARTS) is 1. The number of hydrogen-bond acceptors (Lipinski definition) is 4. The van der Waals surface area contributed by atoms with Crippen LogP contribution in [0.5, 0.6) is 5.75 Å². The number of ether oxygens (including phenoxy) is 1. The standard InChI is InChI=1S/C26H22ClF3N2O5/c1-13-10-20(32(36)12-18(13)22-21(37-26(29)30)9-8-19(27)23(22)28)17(11-14-2-3-14)24(33)31-16-6-4-15(5-7-16)25(34)35/h4-10,12,14,17,26H,2-3,11H2,1H3,(H,31,33)(H,34,35). The number of carbonyl (C=O) groups is 2. The fourth-order valence-corrected chi connectivity index (χ4v) is 4.28. The Morgan fingerprint density at radius 2 is 1.89 bits per heavy atom. The van der Waals surface area contributed by atoms with Gasteiger partial charge in [-0.15, -0.1) is 0 Å². The summed E-state index contributed by atoms with van der Waals surface area (Å²) in [6, 6.07) is 9.18. The average Bonchev–Trinajstić information content (AvgIpc) is 3.66. The number of hydrogen-bond donors (Lipinski definition) is 2. The van der Waals surface area contributed by atoms with Crippen molar-refractivity contribution < 1.29 is 37.3 Å². The van der Waals surface area contributed by atoms with Gasteiger partial charge in [-0.25, -0.2) is 9.18 Å². The van der Waals surface area contributed by atoms with Gasteiger partial charge in [0.2, 0.25) is 11.6 Å². The Balaban J connectivity index is 1.70. The molecule has 0 saturated heterocycles. The number of benzene rings is 2. The number of aromatic carboxylic acids is 1. The quantitative estimate of drug-likeness (QED) is 0.262. The lowest BCUT2D eigenvalue weighted by atomic mass is 9.93. The predicted octanol–water partition coefficient (Wildman–Crippen LogP) is 5.91. The minimum atomic E-state index is -3.23. The van der Waals surface area contributed by atoms with Gasteiger partial charge in [0, 0.05) is 11.8 Å². The summed E-state index contributed by atoms with van der Waals surface area (Å²) in [6.07, 6.45) is 3.24. The minimum Gasteiger partial charge on any atom is -0.618 e. The van der Waals surface area contributed by atoms with Crippen LogP contribution in [0.2, 0.25) is 5.02 Å². The molecule has 7 nitrogen and oxygen atoms in total. The number of rotatable bonds is 9. The molecular weight excluding hydrogens is 513 g/mol. The summed E-state index contributed by atoms with van der Waals surface area (Å²) in [7, 11) is 0. The first-order chi connectivity index (χ1) is 17.5. The second-order valence-electron chi connectivity index (χ2n) is 8.84. The molecule has 1 amide bonds. The summed E-state index contributed by atoms with van der Waals surface area (Å²) in [6.45, 7) is -1.67. The van der Waals surface area contributed by atoms with Crippen LogP contribution in [0.3, 0.4) is 0 Å². The van der Waals surface area contributed by atoms with E-state index in [4.69, 9.17) is 16.7 Å². The summed E-state index contributed by atoms with van der Waals surface area (Å²) in [5.74, 6) is -3.69. The normalized spacial score (nSPS) is 13.9. The fraction of sp³-hybridized carbons (Fsp3) is 0.269. The summed E-state index contributed by atoms with van der Waals surface area (Å²) in [4.78, 5) is 24.3. The Kier molecular flexibility index (Phi) is 7.58. The number of anilines is 1. The molecule has 0 radical (unpaired) electrons. The minimum absolute atomic E-state index is 0.00996. The van der Waals surface area contributed by atoms with E-state index in [1.165, 1.54) is 30.3 Å². The Morgan fingerprint density at radius 3 is 2.49 bits per heavy atom. The molecule has 2 aromatic carbocycles. The number of nitrogens with one attached hydrogen (secondary N) is 1. The summed E-state index contributed by atoms with van der Waals surface area (Å²) in [5.41, 5.74) is 0.469. The van der Waals surface area contributed by atoms with Gasteiger partial charge in [0.05, 0.1) is 21.7 Å². The van der Waals surface area contributed by atoms with E-state index in [0.717, 1.165) is 31.2 Å². The van der Waals surface area contributed by atoms with Crippen molar-refractivity contribution in [2.24, 2.45) is 5.92 Å². The fourth-order valence-electron chi connectivity index (χ4n) is 4.13. The Morgan fingerprint density at radius 1 is 1.22 bits per heavy atom. The topological polar surface area (TPSA) is 103 Å². The highest BCUT2D eigenvalue weighted by Gasteiger charge is 2.36. The first kappa shape index (κ1) is 26.3. The van der Waals surface area contributed by atoms with E-state index in [-0.39, 0.29) is 33.3 Å². The largest absolute Gasteiger partial charge is 0.618 e. The van der Waals surface area contributed by atoms with E-state index in [0.29, 0.717) is 22.4 Å². The van der Waals surface area contributed by atoms with E-state index in [2.05, 4.69) is 10.1 Å². The van der Waals surface area contributed by atoms with Gasteiger partial charge in [0.15, 0.2) is 12.0 Å². The third-order valence-electron chi connectivity index (χ3n) is 6.17. The van der Waals surface area contributed by atoms with Crippen LogP contribution in [0, 0.1) is 23.9 Å². The number of aromatic nitrogens is 1. The number of halogens is 4. The number of carboxylic acids is 1. The Hall–Kier alpha value is -3.79. The van der Waals surface area contributed by atoms with E-state index in [9.17, 15) is 28.0 Å². The van der Waals surface area contributed by atoms with Crippen LogP contribution in [0.25, 0.3) is 11.1 Å². The number of amides is 1. The summed E-state index contributed by atoms with van der Waals surface area (Å²) >= 11 is 5.87. The zero-order valence-electron chi connectivity index (χ0n) is 19.5. The summed E-state index contributed by atoms with van der Waals surface area (Å²) in [5, 5.41) is 24.6. The second kappa shape index (κ2) is 10.7. The van der Waals surface area contributed by atoms with Crippen molar-refractivity contribution in [2.45, 2.75) is 38.7 Å². The molecule has 3 aromatic rings. The van der Waals surface area contributed by atoms with E-state index in [1.54, 1.807) is 6.92 Å². The van der Waals surface area contributed by atoms with Crippen molar-refractivity contribution in [1.29, 1.82) is 0 Å². The maximum Gasteiger partial charge on any atom is 0.387 e. The van der Waals surface area contributed by atoms with Crippen LogP contribution in [-0.4, -0.2) is 23.6 Å². The molecule has 11 heteroatoms. The molecular formula is C26H22ClF3N2O5. The van der Waals surface area contributed by atoms with Gasteiger partial charge in [-0.05, 0) is 61.2 Å². The second-order valence-corrected chi connectivity index (χ2v) is 9.24. The number of pyridine rings is 1. The molecule has 1 unspecified atom stereocenters. The van der Waals surface area contributed by atoms with Gasteiger partial charge in [-0.1, -0.05) is 24.4 Å². The van der Waals surface area contributed by atoms with Gasteiger partial charge >= 0.3 is 12.6 Å². The lowest BCUT2D eigenvalue weighted by molar-refractivity contribution is -0.614. The molecule has 1 saturated carbocycles. The van der Waals surface area contributed by atoms with Crippen LogP contribution in [0.1, 0.15) is 46.8 Å². The van der Waals surface area contributed by atoms with Gasteiger partial charge in [0.1, 0.15) is 11.7 Å². The Labute approximate surface area is 215 Å². The summed E-state index contributed by atoms with van der Waals surface area (Å²) < 4.78 is 45.7. The number of alkyl halides is 2. The smallest absolute Gasteiger partial charge is 0.387 e. The first-order valence-electron chi connectivity index (χ1n) is 11.4. The molecule has 0 bridgehead atoms. The van der Waals surface area contributed by atoms with E-state index in [1.807, 2.05) is 0 Å². The number of nitrogens with zero attached hydrogens (tertiary/aromatic N) is 1. The van der Waals surface area contributed by atoms with Crippen molar-refractivity contribution in [3.8, 4) is 16.9 Å².